The highest BCUT2D eigenvalue weighted by Crippen LogP contribution is 2.21. The lowest BCUT2D eigenvalue weighted by atomic mass is 10.1. The molecule has 92 valence electrons. The third-order valence-electron chi connectivity index (χ3n) is 2.43. The third-order valence-corrected chi connectivity index (χ3v) is 2.43. The van der Waals surface area contributed by atoms with Crippen molar-refractivity contribution in [2.24, 2.45) is 7.05 Å². The molecule has 1 N–H and O–H groups in total. The number of nitrogens with zero attached hydrogens (tertiary/aromatic N) is 1. The number of ether oxygens (including phenoxy) is 1. The molecule has 4 nitrogen and oxygen atoms in total. The average molecular weight is 234 g/mol. The van der Waals surface area contributed by atoms with Gasteiger partial charge in [-0.2, -0.15) is 0 Å². The second kappa shape index (κ2) is 6.06. The Labute approximate surface area is 102 Å². The van der Waals surface area contributed by atoms with Gasteiger partial charge in [-0.1, -0.05) is 12.7 Å². The minimum atomic E-state index is 0.0371. The zero-order chi connectivity index (χ0) is 12.8. The lowest BCUT2D eigenvalue weighted by Gasteiger charge is -2.10. The van der Waals surface area contributed by atoms with Crippen molar-refractivity contribution < 1.29 is 9.53 Å². The van der Waals surface area contributed by atoms with Crippen molar-refractivity contribution in [1.29, 1.82) is 0 Å². The summed E-state index contributed by atoms with van der Waals surface area (Å²) in [6, 6.07) is 1.80. The minimum absolute atomic E-state index is 0.0371. The summed E-state index contributed by atoms with van der Waals surface area (Å²) in [5, 5.41) is 2.85. The maximum absolute atomic E-state index is 11.9. The van der Waals surface area contributed by atoms with Gasteiger partial charge in [0.1, 0.15) is 5.76 Å². The lowest BCUT2D eigenvalue weighted by Crippen LogP contribution is -2.19. The van der Waals surface area contributed by atoms with Crippen molar-refractivity contribution >= 4 is 11.5 Å². The summed E-state index contributed by atoms with van der Waals surface area (Å²) in [7, 11) is 5.20. The second-order valence-electron chi connectivity index (χ2n) is 3.61. The highest BCUT2D eigenvalue weighted by atomic mass is 16.5. The van der Waals surface area contributed by atoms with Crippen LogP contribution < -0.4 is 5.32 Å². The summed E-state index contributed by atoms with van der Waals surface area (Å²) in [6.45, 7) is 3.94. The zero-order valence-corrected chi connectivity index (χ0v) is 10.5. The number of Topliss-reactive ketones (excluding diaryl/α,β-unsaturated/α-hetero) is 1. The normalized spacial score (nSPS) is 11.4. The Morgan fingerprint density at radius 2 is 2.35 bits per heavy atom. The Morgan fingerprint density at radius 3 is 2.88 bits per heavy atom. The van der Waals surface area contributed by atoms with Crippen molar-refractivity contribution in [3.63, 3.8) is 0 Å². The molecule has 0 aliphatic heterocycles. The average Bonchev–Trinajstić information content (AvgIpc) is 2.68. The van der Waals surface area contributed by atoms with Gasteiger partial charge in [-0.25, -0.2) is 0 Å². The van der Waals surface area contributed by atoms with Crippen molar-refractivity contribution in [2.45, 2.75) is 0 Å². The van der Waals surface area contributed by atoms with Gasteiger partial charge < -0.3 is 14.6 Å². The number of carbonyl (C=O) groups excluding carboxylic acids is 1. The number of hydrogen-bond donors (Lipinski definition) is 1. The molecule has 0 aliphatic carbocycles. The third kappa shape index (κ3) is 2.85. The number of hydrogen-bond acceptors (Lipinski definition) is 3. The van der Waals surface area contributed by atoms with E-state index in [1.807, 2.05) is 17.8 Å². The van der Waals surface area contributed by atoms with Gasteiger partial charge in [-0.15, -0.1) is 0 Å². The Balaban J connectivity index is 3.22. The fraction of sp³-hybridized carbons (Fsp3) is 0.308. The van der Waals surface area contributed by atoms with E-state index in [9.17, 15) is 4.79 Å². The fourth-order valence-corrected chi connectivity index (χ4v) is 1.67. The van der Waals surface area contributed by atoms with Gasteiger partial charge in [0.2, 0.25) is 0 Å². The van der Waals surface area contributed by atoms with E-state index in [2.05, 4.69) is 11.9 Å². The molecule has 0 radical (unpaired) electrons. The molecule has 1 heterocycles. The Bertz CT molecular complexity index is 444. The predicted molar refractivity (Wildman–Crippen MR) is 68.9 cm³/mol. The number of likely N-dealkylation sites (N-methyl/N-ethyl adjacent to an activating group) is 1. The lowest BCUT2D eigenvalue weighted by molar-refractivity contribution is 0.0993. The number of aromatic nitrogens is 1. The first-order valence-corrected chi connectivity index (χ1v) is 5.35. The topological polar surface area (TPSA) is 43.3 Å². The van der Waals surface area contributed by atoms with Gasteiger partial charge in [0.15, 0.2) is 5.78 Å². The van der Waals surface area contributed by atoms with Crippen LogP contribution in [0.5, 0.6) is 0 Å². The maximum Gasteiger partial charge on any atom is 0.178 e. The molecule has 0 spiro atoms. The van der Waals surface area contributed by atoms with Crippen molar-refractivity contribution in [1.82, 2.24) is 9.88 Å². The van der Waals surface area contributed by atoms with E-state index in [1.165, 1.54) is 0 Å². The molecule has 0 aliphatic rings. The van der Waals surface area contributed by atoms with Gasteiger partial charge in [0.25, 0.3) is 0 Å². The smallest absolute Gasteiger partial charge is 0.178 e. The summed E-state index contributed by atoms with van der Waals surface area (Å²) < 4.78 is 7.14. The van der Waals surface area contributed by atoms with Crippen LogP contribution in [0.2, 0.25) is 0 Å². The maximum atomic E-state index is 11.9. The Kier molecular flexibility index (Phi) is 4.72. The zero-order valence-electron chi connectivity index (χ0n) is 10.5. The van der Waals surface area contributed by atoms with Crippen LogP contribution in [0.15, 0.2) is 31.0 Å². The summed E-state index contributed by atoms with van der Waals surface area (Å²) >= 11 is 0. The summed E-state index contributed by atoms with van der Waals surface area (Å²) in [4.78, 5) is 11.9. The van der Waals surface area contributed by atoms with Crippen LogP contribution in [0.4, 0.5) is 0 Å². The van der Waals surface area contributed by atoms with Crippen LogP contribution in [0.1, 0.15) is 16.1 Å². The molecule has 0 fully saturated rings. The number of nitrogens with one attached hydrogen (secondary N) is 1. The molecular weight excluding hydrogens is 216 g/mol. The van der Waals surface area contributed by atoms with Gasteiger partial charge in [-0.05, 0) is 19.2 Å². The molecule has 0 saturated carbocycles. The Morgan fingerprint density at radius 1 is 1.65 bits per heavy atom. The summed E-state index contributed by atoms with van der Waals surface area (Å²) in [6.07, 6.45) is 5.22. The molecule has 0 bridgehead atoms. The highest BCUT2D eigenvalue weighted by molar-refractivity contribution is 6.01. The second-order valence-corrected chi connectivity index (χ2v) is 3.61. The standard InChI is InChI=1S/C13H18N2O2/c1-5-6-12(17-4)13-10(7-8-15(13)3)11(16)9-14-2/h5-8,14H,1,9H2,2-4H3/b12-6+. The van der Waals surface area contributed by atoms with Crippen LogP contribution in [0, 0.1) is 0 Å². The van der Waals surface area contributed by atoms with Crippen LogP contribution in [0.3, 0.4) is 0 Å². The molecule has 0 unspecified atom stereocenters. The van der Waals surface area contributed by atoms with Crippen LogP contribution >= 0.6 is 0 Å². The van der Waals surface area contributed by atoms with Crippen molar-refractivity contribution in [3.05, 3.63) is 42.3 Å². The molecule has 4 heteroatoms. The number of ketones is 1. The summed E-state index contributed by atoms with van der Waals surface area (Å²) in [5.41, 5.74) is 1.42. The van der Waals surface area contributed by atoms with E-state index in [-0.39, 0.29) is 5.78 Å². The number of methoxy groups -OCH3 is 1. The predicted octanol–water partition coefficient (Wildman–Crippen LogP) is 1.60. The first kappa shape index (κ1) is 13.3. The van der Waals surface area contributed by atoms with E-state index >= 15 is 0 Å². The van der Waals surface area contributed by atoms with Crippen molar-refractivity contribution in [2.75, 3.05) is 20.7 Å². The number of carbonyl (C=O) groups is 1. The first-order valence-electron chi connectivity index (χ1n) is 5.35. The van der Waals surface area contributed by atoms with Gasteiger partial charge in [-0.3, -0.25) is 4.79 Å². The molecular formula is C13H18N2O2. The highest BCUT2D eigenvalue weighted by Gasteiger charge is 2.17. The first-order chi connectivity index (χ1) is 8.15. The molecule has 1 aromatic rings. The van der Waals surface area contributed by atoms with E-state index in [1.54, 1.807) is 32.4 Å². The fourth-order valence-electron chi connectivity index (χ4n) is 1.67. The van der Waals surface area contributed by atoms with Crippen LogP contribution in [0.25, 0.3) is 5.76 Å². The number of rotatable bonds is 6. The monoisotopic (exact) mass is 234 g/mol. The van der Waals surface area contributed by atoms with Crippen molar-refractivity contribution in [3.8, 4) is 0 Å². The molecule has 1 rings (SSSR count). The van der Waals surface area contributed by atoms with Gasteiger partial charge in [0.05, 0.1) is 19.3 Å². The van der Waals surface area contributed by atoms with E-state index in [0.29, 0.717) is 17.9 Å². The van der Waals surface area contributed by atoms with Gasteiger partial charge in [0, 0.05) is 18.8 Å². The molecule has 0 aromatic carbocycles. The molecule has 17 heavy (non-hydrogen) atoms. The van der Waals surface area contributed by atoms with Gasteiger partial charge >= 0.3 is 0 Å². The number of allylic oxidation sites excluding steroid dienone is 2. The molecule has 0 saturated heterocycles. The SMILES string of the molecule is C=C/C=C(/OC)c1c(C(=O)CNC)ccn1C. The summed E-state index contributed by atoms with van der Waals surface area (Å²) in [5.74, 6) is 0.669. The van der Waals surface area contributed by atoms with E-state index in [4.69, 9.17) is 4.74 Å². The minimum Gasteiger partial charge on any atom is -0.495 e. The number of aryl methyl sites for hydroxylation is 1. The van der Waals surface area contributed by atoms with E-state index in [0.717, 1.165) is 5.69 Å². The van der Waals surface area contributed by atoms with Crippen LogP contribution in [-0.4, -0.2) is 31.1 Å². The van der Waals surface area contributed by atoms with E-state index < -0.39 is 0 Å². The molecule has 0 amide bonds. The quantitative estimate of drug-likeness (QED) is 0.462. The largest absolute Gasteiger partial charge is 0.495 e. The Hall–Kier alpha value is -1.81. The molecule has 0 atom stereocenters. The van der Waals surface area contributed by atoms with Crippen LogP contribution in [-0.2, 0) is 11.8 Å². The molecule has 1 aromatic heterocycles.